The molecule has 1 aromatic carbocycles. The lowest BCUT2D eigenvalue weighted by Gasteiger charge is -2.09. The molecule has 5 heteroatoms. The molecule has 2 heterocycles. The molecule has 2 aromatic heterocycles. The van der Waals surface area contributed by atoms with Crippen molar-refractivity contribution in [2.75, 3.05) is 12.3 Å². The molecular formula is C16H14FN3O. The van der Waals surface area contributed by atoms with Crippen molar-refractivity contribution < 1.29 is 9.13 Å². The third-order valence-corrected chi connectivity index (χ3v) is 3.13. The monoisotopic (exact) mass is 283 g/mol. The van der Waals surface area contributed by atoms with Crippen molar-refractivity contribution in [3.05, 3.63) is 48.4 Å². The number of halogens is 1. The number of fused-ring (bicyclic) bond motifs is 1. The molecule has 21 heavy (non-hydrogen) atoms. The van der Waals surface area contributed by atoms with Gasteiger partial charge in [-0.2, -0.15) is 0 Å². The van der Waals surface area contributed by atoms with Crippen molar-refractivity contribution in [3.8, 4) is 16.9 Å². The Morgan fingerprint density at radius 3 is 2.81 bits per heavy atom. The van der Waals surface area contributed by atoms with Crippen LogP contribution in [0, 0.1) is 5.82 Å². The molecule has 0 unspecified atom stereocenters. The van der Waals surface area contributed by atoms with Gasteiger partial charge in [0.05, 0.1) is 12.0 Å². The zero-order valence-corrected chi connectivity index (χ0v) is 11.5. The number of nitrogens with zero attached hydrogens (tertiary/aromatic N) is 2. The van der Waals surface area contributed by atoms with E-state index in [1.807, 2.05) is 13.0 Å². The Labute approximate surface area is 121 Å². The topological polar surface area (TPSA) is 61.0 Å². The lowest BCUT2D eigenvalue weighted by molar-refractivity contribution is 0.344. The number of rotatable bonds is 3. The summed E-state index contributed by atoms with van der Waals surface area (Å²) < 4.78 is 19.5. The Bertz CT molecular complexity index is 805. The van der Waals surface area contributed by atoms with Crippen LogP contribution in [0.4, 0.5) is 10.2 Å². The number of pyridine rings is 2. The van der Waals surface area contributed by atoms with Gasteiger partial charge in [0, 0.05) is 23.4 Å². The number of benzene rings is 1. The fourth-order valence-corrected chi connectivity index (χ4v) is 2.21. The maximum Gasteiger partial charge on any atom is 0.165 e. The lowest BCUT2D eigenvalue weighted by Crippen LogP contribution is -1.99. The fraction of sp³-hybridized carbons (Fsp3) is 0.125. The normalized spacial score (nSPS) is 10.8. The van der Waals surface area contributed by atoms with Crippen LogP contribution in [0.2, 0.25) is 0 Å². The Morgan fingerprint density at radius 2 is 2.05 bits per heavy atom. The second kappa shape index (κ2) is 5.36. The van der Waals surface area contributed by atoms with Gasteiger partial charge in [-0.25, -0.2) is 14.4 Å². The van der Waals surface area contributed by atoms with Gasteiger partial charge >= 0.3 is 0 Å². The summed E-state index contributed by atoms with van der Waals surface area (Å²) in [6, 6.07) is 10.0. The van der Waals surface area contributed by atoms with E-state index in [4.69, 9.17) is 10.5 Å². The molecule has 0 saturated carbocycles. The molecular weight excluding hydrogens is 269 g/mol. The molecule has 0 aliphatic heterocycles. The van der Waals surface area contributed by atoms with Gasteiger partial charge in [-0.1, -0.05) is 18.2 Å². The molecule has 106 valence electrons. The zero-order chi connectivity index (χ0) is 14.8. The molecule has 0 radical (unpaired) electrons. The molecule has 0 aliphatic rings. The van der Waals surface area contributed by atoms with Gasteiger partial charge in [0.25, 0.3) is 0 Å². The van der Waals surface area contributed by atoms with Crippen LogP contribution in [0.25, 0.3) is 22.2 Å². The molecule has 0 fully saturated rings. The molecule has 2 N–H and O–H groups in total. The first-order valence-electron chi connectivity index (χ1n) is 6.63. The van der Waals surface area contributed by atoms with Gasteiger partial charge in [-0.05, 0) is 19.1 Å². The van der Waals surface area contributed by atoms with Crippen molar-refractivity contribution in [3.63, 3.8) is 0 Å². The summed E-state index contributed by atoms with van der Waals surface area (Å²) in [7, 11) is 0. The highest BCUT2D eigenvalue weighted by Crippen LogP contribution is 2.30. The standard InChI is InChI=1S/C16H14FN3O/c1-2-21-14-8-15(18)20-16-12(14)7-10(9-19-16)11-5-3-4-6-13(11)17/h3-9H,2H2,1H3,(H2,18,19,20). The van der Waals surface area contributed by atoms with Crippen molar-refractivity contribution in [2.24, 2.45) is 0 Å². The predicted molar refractivity (Wildman–Crippen MR) is 80.5 cm³/mol. The summed E-state index contributed by atoms with van der Waals surface area (Å²) in [6.45, 7) is 2.39. The molecule has 0 spiro atoms. The number of hydrogen-bond acceptors (Lipinski definition) is 4. The summed E-state index contributed by atoms with van der Waals surface area (Å²) in [5.41, 5.74) is 7.39. The third kappa shape index (κ3) is 2.50. The van der Waals surface area contributed by atoms with Crippen LogP contribution in [-0.2, 0) is 0 Å². The van der Waals surface area contributed by atoms with Gasteiger partial charge in [0.2, 0.25) is 0 Å². The van der Waals surface area contributed by atoms with Crippen LogP contribution in [0.5, 0.6) is 5.75 Å². The highest BCUT2D eigenvalue weighted by atomic mass is 19.1. The van der Waals surface area contributed by atoms with E-state index in [0.717, 1.165) is 0 Å². The van der Waals surface area contributed by atoms with Crippen LogP contribution in [0.3, 0.4) is 0 Å². The van der Waals surface area contributed by atoms with Gasteiger partial charge < -0.3 is 10.5 Å². The summed E-state index contributed by atoms with van der Waals surface area (Å²) in [6.07, 6.45) is 1.59. The fourth-order valence-electron chi connectivity index (χ4n) is 2.21. The van der Waals surface area contributed by atoms with Gasteiger partial charge in [-0.3, -0.25) is 0 Å². The van der Waals surface area contributed by atoms with Gasteiger partial charge in [0.15, 0.2) is 5.65 Å². The van der Waals surface area contributed by atoms with E-state index in [2.05, 4.69) is 9.97 Å². The number of nitrogens with two attached hydrogens (primary N) is 1. The van der Waals surface area contributed by atoms with E-state index in [0.29, 0.717) is 40.3 Å². The quantitative estimate of drug-likeness (QED) is 0.800. The SMILES string of the molecule is CCOc1cc(N)nc2ncc(-c3ccccc3F)cc12. The van der Waals surface area contributed by atoms with Crippen LogP contribution in [0.15, 0.2) is 42.6 Å². The summed E-state index contributed by atoms with van der Waals surface area (Å²) in [5, 5.41) is 0.715. The van der Waals surface area contributed by atoms with E-state index in [-0.39, 0.29) is 5.82 Å². The van der Waals surface area contributed by atoms with Crippen LogP contribution in [-0.4, -0.2) is 16.6 Å². The van der Waals surface area contributed by atoms with Crippen LogP contribution < -0.4 is 10.5 Å². The average Bonchev–Trinajstić information content (AvgIpc) is 2.48. The number of ether oxygens (including phenoxy) is 1. The number of aromatic nitrogens is 2. The van der Waals surface area contributed by atoms with Crippen LogP contribution >= 0.6 is 0 Å². The molecule has 3 aromatic rings. The van der Waals surface area contributed by atoms with E-state index in [1.165, 1.54) is 6.07 Å². The summed E-state index contributed by atoms with van der Waals surface area (Å²) in [5.74, 6) is 0.655. The average molecular weight is 283 g/mol. The van der Waals surface area contributed by atoms with Crippen molar-refractivity contribution in [2.45, 2.75) is 6.92 Å². The maximum atomic E-state index is 13.9. The van der Waals surface area contributed by atoms with Crippen molar-refractivity contribution in [1.29, 1.82) is 0 Å². The van der Waals surface area contributed by atoms with Gasteiger partial charge in [0.1, 0.15) is 17.4 Å². The second-order valence-corrected chi connectivity index (χ2v) is 4.55. The van der Waals surface area contributed by atoms with E-state index in [1.54, 1.807) is 30.5 Å². The minimum atomic E-state index is -0.292. The highest BCUT2D eigenvalue weighted by molar-refractivity contribution is 5.87. The third-order valence-electron chi connectivity index (χ3n) is 3.13. The van der Waals surface area contributed by atoms with Crippen LogP contribution in [0.1, 0.15) is 6.92 Å². The van der Waals surface area contributed by atoms with E-state index in [9.17, 15) is 4.39 Å². The highest BCUT2D eigenvalue weighted by Gasteiger charge is 2.10. The zero-order valence-electron chi connectivity index (χ0n) is 11.5. The first-order chi connectivity index (χ1) is 10.2. The molecule has 0 saturated heterocycles. The molecule has 0 bridgehead atoms. The maximum absolute atomic E-state index is 13.9. The number of anilines is 1. The lowest BCUT2D eigenvalue weighted by atomic mass is 10.1. The Balaban J connectivity index is 2.22. The molecule has 0 aliphatic carbocycles. The number of nitrogen functional groups attached to an aromatic ring is 1. The second-order valence-electron chi connectivity index (χ2n) is 4.55. The molecule has 3 rings (SSSR count). The minimum absolute atomic E-state index is 0.292. The Hall–Kier alpha value is -2.69. The largest absolute Gasteiger partial charge is 0.493 e. The predicted octanol–water partition coefficient (Wildman–Crippen LogP) is 3.42. The Kier molecular flexibility index (Phi) is 3.39. The first kappa shape index (κ1) is 13.3. The van der Waals surface area contributed by atoms with Crippen molar-refractivity contribution >= 4 is 16.9 Å². The van der Waals surface area contributed by atoms with E-state index < -0.39 is 0 Å². The first-order valence-corrected chi connectivity index (χ1v) is 6.63. The molecule has 0 atom stereocenters. The Morgan fingerprint density at radius 1 is 1.24 bits per heavy atom. The summed E-state index contributed by atoms with van der Waals surface area (Å²) in [4.78, 5) is 8.43. The number of hydrogen-bond donors (Lipinski definition) is 1. The van der Waals surface area contributed by atoms with E-state index >= 15 is 0 Å². The smallest absolute Gasteiger partial charge is 0.165 e. The minimum Gasteiger partial charge on any atom is -0.493 e. The van der Waals surface area contributed by atoms with Gasteiger partial charge in [-0.15, -0.1) is 0 Å². The molecule has 0 amide bonds. The van der Waals surface area contributed by atoms with Crippen molar-refractivity contribution in [1.82, 2.24) is 9.97 Å². The molecule has 4 nitrogen and oxygen atoms in total. The summed E-state index contributed by atoms with van der Waals surface area (Å²) >= 11 is 0.